The standard InChI is InChI=1S/C14H28N2/c1-4-9-14(2,10-15-12-5-6-12)11-16(3)13-7-8-13/h12-13,15H,4-11H2,1-3H3. The van der Waals surface area contributed by atoms with Crippen LogP contribution in [0.1, 0.15) is 52.4 Å². The van der Waals surface area contributed by atoms with E-state index in [1.54, 1.807) is 0 Å². The summed E-state index contributed by atoms with van der Waals surface area (Å²) in [7, 11) is 2.31. The summed E-state index contributed by atoms with van der Waals surface area (Å²) >= 11 is 0. The van der Waals surface area contributed by atoms with Crippen molar-refractivity contribution in [3.63, 3.8) is 0 Å². The van der Waals surface area contributed by atoms with Gasteiger partial charge in [-0.2, -0.15) is 0 Å². The Labute approximate surface area is 101 Å². The van der Waals surface area contributed by atoms with Crippen LogP contribution in [-0.2, 0) is 0 Å². The molecule has 2 rings (SSSR count). The molecule has 94 valence electrons. The molecule has 0 amide bonds. The maximum atomic E-state index is 3.72. The number of hydrogen-bond donors (Lipinski definition) is 1. The SMILES string of the molecule is CCCC(C)(CNC1CC1)CN(C)C1CC1. The van der Waals surface area contributed by atoms with E-state index in [0.29, 0.717) is 5.41 Å². The predicted molar refractivity (Wildman–Crippen MR) is 69.7 cm³/mol. The Balaban J connectivity index is 1.79. The van der Waals surface area contributed by atoms with Crippen LogP contribution in [0.3, 0.4) is 0 Å². The van der Waals surface area contributed by atoms with Crippen molar-refractivity contribution in [2.75, 3.05) is 20.1 Å². The quantitative estimate of drug-likeness (QED) is 0.682. The normalized spacial score (nSPS) is 24.8. The molecule has 0 bridgehead atoms. The highest BCUT2D eigenvalue weighted by atomic mass is 15.2. The van der Waals surface area contributed by atoms with Crippen molar-refractivity contribution in [1.29, 1.82) is 0 Å². The first-order chi connectivity index (χ1) is 7.63. The fourth-order valence-corrected chi connectivity index (χ4v) is 2.75. The van der Waals surface area contributed by atoms with Gasteiger partial charge in [0.1, 0.15) is 0 Å². The second-order valence-corrected chi connectivity index (χ2v) is 6.36. The minimum absolute atomic E-state index is 0.481. The van der Waals surface area contributed by atoms with E-state index in [1.807, 2.05) is 0 Å². The van der Waals surface area contributed by atoms with Gasteiger partial charge in [0.05, 0.1) is 0 Å². The van der Waals surface area contributed by atoms with Crippen molar-refractivity contribution < 1.29 is 0 Å². The molecule has 0 saturated heterocycles. The van der Waals surface area contributed by atoms with E-state index in [1.165, 1.54) is 51.6 Å². The maximum Gasteiger partial charge on any atom is 0.00936 e. The molecule has 2 nitrogen and oxygen atoms in total. The Morgan fingerprint density at radius 2 is 1.94 bits per heavy atom. The highest BCUT2D eigenvalue weighted by molar-refractivity contribution is 4.90. The van der Waals surface area contributed by atoms with Crippen molar-refractivity contribution in [1.82, 2.24) is 10.2 Å². The van der Waals surface area contributed by atoms with Gasteiger partial charge in [0.2, 0.25) is 0 Å². The summed E-state index contributed by atoms with van der Waals surface area (Å²) in [5.74, 6) is 0. The highest BCUT2D eigenvalue weighted by Gasteiger charge is 2.33. The van der Waals surface area contributed by atoms with E-state index in [0.717, 1.165) is 12.1 Å². The Morgan fingerprint density at radius 1 is 1.25 bits per heavy atom. The number of nitrogens with one attached hydrogen (secondary N) is 1. The van der Waals surface area contributed by atoms with Crippen LogP contribution in [0.25, 0.3) is 0 Å². The lowest BCUT2D eigenvalue weighted by Gasteiger charge is -2.34. The summed E-state index contributed by atoms with van der Waals surface area (Å²) in [5, 5.41) is 3.72. The molecule has 0 heterocycles. The first-order valence-corrected chi connectivity index (χ1v) is 7.06. The Morgan fingerprint density at radius 3 is 2.44 bits per heavy atom. The Hall–Kier alpha value is -0.0800. The molecule has 0 aromatic heterocycles. The zero-order valence-corrected chi connectivity index (χ0v) is 11.3. The molecule has 0 aromatic rings. The van der Waals surface area contributed by atoms with Gasteiger partial charge in [-0.15, -0.1) is 0 Å². The summed E-state index contributed by atoms with van der Waals surface area (Å²) in [6, 6.07) is 1.75. The topological polar surface area (TPSA) is 15.3 Å². The van der Waals surface area contributed by atoms with Crippen LogP contribution < -0.4 is 5.32 Å². The molecule has 16 heavy (non-hydrogen) atoms. The number of rotatable bonds is 8. The van der Waals surface area contributed by atoms with Gasteiger partial charge in [-0.1, -0.05) is 20.3 Å². The lowest BCUT2D eigenvalue weighted by atomic mass is 9.84. The van der Waals surface area contributed by atoms with Gasteiger partial charge < -0.3 is 10.2 Å². The average Bonchev–Trinajstić information content (AvgIpc) is 3.07. The molecular weight excluding hydrogens is 196 g/mol. The molecule has 2 heteroatoms. The molecular formula is C14H28N2. The number of nitrogens with zero attached hydrogens (tertiary/aromatic N) is 1. The van der Waals surface area contributed by atoms with Crippen LogP contribution in [0.5, 0.6) is 0 Å². The van der Waals surface area contributed by atoms with Crippen LogP contribution in [0.15, 0.2) is 0 Å². The van der Waals surface area contributed by atoms with Crippen LogP contribution in [0.2, 0.25) is 0 Å². The van der Waals surface area contributed by atoms with E-state index in [2.05, 4.69) is 31.1 Å². The highest BCUT2D eigenvalue weighted by Crippen LogP contribution is 2.31. The molecule has 0 radical (unpaired) electrons. The maximum absolute atomic E-state index is 3.72. The zero-order chi connectivity index (χ0) is 11.6. The van der Waals surface area contributed by atoms with Crippen molar-refractivity contribution in [2.45, 2.75) is 64.5 Å². The smallest absolute Gasteiger partial charge is 0.00936 e. The fraction of sp³-hybridized carbons (Fsp3) is 1.00. The minimum Gasteiger partial charge on any atom is -0.313 e. The molecule has 1 unspecified atom stereocenters. The van der Waals surface area contributed by atoms with E-state index in [9.17, 15) is 0 Å². The van der Waals surface area contributed by atoms with Crippen molar-refractivity contribution in [3.8, 4) is 0 Å². The molecule has 0 aromatic carbocycles. The molecule has 1 atom stereocenters. The first kappa shape index (κ1) is 12.4. The van der Waals surface area contributed by atoms with Crippen LogP contribution in [-0.4, -0.2) is 37.1 Å². The van der Waals surface area contributed by atoms with Crippen molar-refractivity contribution >= 4 is 0 Å². The average molecular weight is 224 g/mol. The molecule has 0 aliphatic heterocycles. The third-order valence-corrected chi connectivity index (χ3v) is 4.05. The minimum atomic E-state index is 0.481. The fourth-order valence-electron chi connectivity index (χ4n) is 2.75. The van der Waals surface area contributed by atoms with Gasteiger partial charge in [-0.05, 0) is 44.6 Å². The Bertz CT molecular complexity index is 221. The summed E-state index contributed by atoms with van der Waals surface area (Å²) in [4.78, 5) is 2.59. The second kappa shape index (κ2) is 5.05. The first-order valence-electron chi connectivity index (χ1n) is 7.06. The Kier molecular flexibility index (Phi) is 3.91. The van der Waals surface area contributed by atoms with Gasteiger partial charge in [0.15, 0.2) is 0 Å². The van der Waals surface area contributed by atoms with Gasteiger partial charge in [0.25, 0.3) is 0 Å². The van der Waals surface area contributed by atoms with Gasteiger partial charge >= 0.3 is 0 Å². The van der Waals surface area contributed by atoms with Gasteiger partial charge in [0, 0.05) is 25.2 Å². The lowest BCUT2D eigenvalue weighted by molar-refractivity contribution is 0.167. The van der Waals surface area contributed by atoms with Crippen LogP contribution >= 0.6 is 0 Å². The molecule has 2 aliphatic carbocycles. The van der Waals surface area contributed by atoms with Crippen molar-refractivity contribution in [2.24, 2.45) is 5.41 Å². The summed E-state index contributed by atoms with van der Waals surface area (Å²) < 4.78 is 0. The largest absolute Gasteiger partial charge is 0.313 e. The molecule has 0 spiro atoms. The summed E-state index contributed by atoms with van der Waals surface area (Å²) in [6.07, 6.45) is 8.32. The molecule has 2 aliphatic rings. The lowest BCUT2D eigenvalue weighted by Crippen LogP contribution is -2.42. The third-order valence-electron chi connectivity index (χ3n) is 4.05. The van der Waals surface area contributed by atoms with Gasteiger partial charge in [-0.3, -0.25) is 0 Å². The van der Waals surface area contributed by atoms with Crippen LogP contribution in [0.4, 0.5) is 0 Å². The van der Waals surface area contributed by atoms with Gasteiger partial charge in [-0.25, -0.2) is 0 Å². The molecule has 2 saturated carbocycles. The monoisotopic (exact) mass is 224 g/mol. The zero-order valence-electron chi connectivity index (χ0n) is 11.3. The summed E-state index contributed by atoms with van der Waals surface area (Å²) in [5.41, 5.74) is 0.481. The van der Waals surface area contributed by atoms with E-state index in [4.69, 9.17) is 0 Å². The van der Waals surface area contributed by atoms with Crippen molar-refractivity contribution in [3.05, 3.63) is 0 Å². The predicted octanol–water partition coefficient (Wildman–Crippen LogP) is 2.64. The van der Waals surface area contributed by atoms with E-state index < -0.39 is 0 Å². The van der Waals surface area contributed by atoms with E-state index >= 15 is 0 Å². The third kappa shape index (κ3) is 3.74. The summed E-state index contributed by atoms with van der Waals surface area (Å²) in [6.45, 7) is 7.26. The van der Waals surface area contributed by atoms with E-state index in [-0.39, 0.29) is 0 Å². The number of hydrogen-bond acceptors (Lipinski definition) is 2. The molecule has 2 fully saturated rings. The van der Waals surface area contributed by atoms with Crippen LogP contribution in [0, 0.1) is 5.41 Å². The molecule has 1 N–H and O–H groups in total. The second-order valence-electron chi connectivity index (χ2n) is 6.36.